The van der Waals surface area contributed by atoms with E-state index in [2.05, 4.69) is 10.3 Å². The molecule has 1 amide bonds. The van der Waals surface area contributed by atoms with Crippen molar-refractivity contribution in [1.82, 2.24) is 4.98 Å². The predicted molar refractivity (Wildman–Crippen MR) is 92.1 cm³/mol. The van der Waals surface area contributed by atoms with Gasteiger partial charge < -0.3 is 15.0 Å². The van der Waals surface area contributed by atoms with E-state index in [1.54, 1.807) is 0 Å². The maximum absolute atomic E-state index is 13.7. The van der Waals surface area contributed by atoms with Gasteiger partial charge in [0.05, 0.1) is 12.2 Å². The Balaban J connectivity index is 2.27. The summed E-state index contributed by atoms with van der Waals surface area (Å²) in [6.07, 6.45) is -4.70. The Morgan fingerprint density at radius 1 is 1.10 bits per heavy atom. The van der Waals surface area contributed by atoms with Crippen LogP contribution in [0.4, 0.5) is 32.0 Å². The lowest BCUT2D eigenvalue weighted by molar-refractivity contribution is -0.136. The van der Waals surface area contributed by atoms with Crippen molar-refractivity contribution in [2.45, 2.75) is 24.9 Å². The third-order valence-electron chi connectivity index (χ3n) is 3.71. The minimum absolute atomic E-state index is 0.0458. The maximum atomic E-state index is 13.7. The van der Waals surface area contributed by atoms with Crippen molar-refractivity contribution in [3.8, 4) is 5.75 Å². The minimum Gasteiger partial charge on any atom is -0.493 e. The van der Waals surface area contributed by atoms with Crippen LogP contribution in [0.5, 0.6) is 5.75 Å². The molecular formula is C18H16F6N2O3. The van der Waals surface area contributed by atoms with Crippen molar-refractivity contribution in [3.05, 3.63) is 58.0 Å². The second-order valence-electron chi connectivity index (χ2n) is 6.01. The summed E-state index contributed by atoms with van der Waals surface area (Å²) in [5.41, 5.74) is -1.74. The average molecular weight is 422 g/mol. The monoisotopic (exact) mass is 422 g/mol. The van der Waals surface area contributed by atoms with Crippen LogP contribution in [0.25, 0.3) is 0 Å². The summed E-state index contributed by atoms with van der Waals surface area (Å²) < 4.78 is 81.7. The Bertz CT molecular complexity index is 911. The smallest absolute Gasteiger partial charge is 0.389 e. The molecule has 0 bridgehead atoms. The first-order valence-electron chi connectivity index (χ1n) is 8.30. The molecule has 1 aromatic carbocycles. The van der Waals surface area contributed by atoms with E-state index in [0.717, 1.165) is 18.2 Å². The van der Waals surface area contributed by atoms with E-state index in [-0.39, 0.29) is 11.4 Å². The van der Waals surface area contributed by atoms with Crippen LogP contribution in [0.3, 0.4) is 0 Å². The highest BCUT2D eigenvalue weighted by atomic mass is 19.4. The van der Waals surface area contributed by atoms with Crippen molar-refractivity contribution < 1.29 is 35.9 Å². The Labute approximate surface area is 160 Å². The molecule has 5 nitrogen and oxygen atoms in total. The largest absolute Gasteiger partial charge is 0.493 e. The number of H-pyrrole nitrogens is 1. The number of halogens is 6. The number of pyridine rings is 1. The number of hydrogen-bond donors (Lipinski definition) is 2. The summed E-state index contributed by atoms with van der Waals surface area (Å²) in [6.45, 7) is -2.43. The lowest BCUT2D eigenvalue weighted by atomic mass is 10.0. The van der Waals surface area contributed by atoms with Gasteiger partial charge in [-0.05, 0) is 30.7 Å². The lowest BCUT2D eigenvalue weighted by Gasteiger charge is -2.17. The van der Waals surface area contributed by atoms with Gasteiger partial charge in [-0.25, -0.2) is 4.39 Å². The molecule has 0 aliphatic rings. The Morgan fingerprint density at radius 2 is 1.83 bits per heavy atom. The first-order valence-corrected chi connectivity index (χ1v) is 8.30. The number of nitrogens with one attached hydrogen (secondary N) is 2. The number of anilines is 1. The Morgan fingerprint density at radius 3 is 2.45 bits per heavy atom. The van der Waals surface area contributed by atoms with Crippen molar-refractivity contribution in [1.29, 1.82) is 0 Å². The number of rotatable bonds is 8. The molecular weight excluding hydrogens is 406 g/mol. The van der Waals surface area contributed by atoms with Gasteiger partial charge in [0, 0.05) is 29.9 Å². The normalized spacial score (nSPS) is 11.9. The number of carbonyl (C=O) groups excluding carboxylic acids is 1. The fraction of sp³-hybridized carbons (Fsp3) is 0.333. The van der Waals surface area contributed by atoms with Crippen LogP contribution >= 0.6 is 0 Å². The Kier molecular flexibility index (Phi) is 6.93. The molecule has 0 aliphatic carbocycles. The van der Waals surface area contributed by atoms with E-state index < -0.39 is 60.8 Å². The first kappa shape index (κ1) is 22.3. The summed E-state index contributed by atoms with van der Waals surface area (Å²) in [4.78, 5) is 26.1. The highest BCUT2D eigenvalue weighted by Crippen LogP contribution is 2.32. The van der Waals surface area contributed by atoms with E-state index in [9.17, 15) is 35.9 Å². The fourth-order valence-corrected chi connectivity index (χ4v) is 2.31. The molecule has 0 atom stereocenters. The van der Waals surface area contributed by atoms with Gasteiger partial charge in [0.1, 0.15) is 5.75 Å². The van der Waals surface area contributed by atoms with Gasteiger partial charge in [-0.1, -0.05) is 0 Å². The molecule has 0 unspecified atom stereocenters. The molecule has 0 saturated carbocycles. The second-order valence-corrected chi connectivity index (χ2v) is 6.01. The third kappa shape index (κ3) is 6.54. The van der Waals surface area contributed by atoms with Crippen LogP contribution in [-0.4, -0.2) is 30.3 Å². The van der Waals surface area contributed by atoms with E-state index >= 15 is 0 Å². The predicted octanol–water partition coefficient (Wildman–Crippen LogP) is 4.41. The SMILES string of the molecule is O=C(Nc1cc[nH]c(=O)c1)c1cc(C(F)(F)CF)ccc1OCCCC(F)(F)F. The minimum atomic E-state index is -4.39. The molecule has 158 valence electrons. The number of carbonyl (C=O) groups is 1. The highest BCUT2D eigenvalue weighted by Gasteiger charge is 2.33. The standard InChI is InChI=1S/C18H16F6N2O3/c19-10-17(20,21)11-2-3-14(29-7-1-5-18(22,23)24)13(8-11)16(28)26-12-4-6-25-15(27)9-12/h2-4,6,8-9H,1,5,7,10H2,(H2,25,26,27,28). The van der Waals surface area contributed by atoms with Crippen molar-refractivity contribution in [2.75, 3.05) is 18.6 Å². The lowest BCUT2D eigenvalue weighted by Crippen LogP contribution is -2.20. The van der Waals surface area contributed by atoms with Gasteiger partial charge in [-0.2, -0.15) is 22.0 Å². The number of aromatic nitrogens is 1. The number of ether oxygens (including phenoxy) is 1. The van der Waals surface area contributed by atoms with Crippen LogP contribution in [0.2, 0.25) is 0 Å². The van der Waals surface area contributed by atoms with Crippen LogP contribution in [-0.2, 0) is 5.92 Å². The van der Waals surface area contributed by atoms with Gasteiger partial charge >= 0.3 is 12.1 Å². The van der Waals surface area contributed by atoms with Crippen molar-refractivity contribution >= 4 is 11.6 Å². The molecule has 0 radical (unpaired) electrons. The van der Waals surface area contributed by atoms with E-state index in [0.29, 0.717) is 6.07 Å². The van der Waals surface area contributed by atoms with Gasteiger partial charge in [0.15, 0.2) is 6.67 Å². The zero-order valence-electron chi connectivity index (χ0n) is 14.8. The number of amides is 1. The molecule has 0 spiro atoms. The van der Waals surface area contributed by atoms with Gasteiger partial charge in [-0.3, -0.25) is 9.59 Å². The number of benzene rings is 1. The molecule has 11 heteroatoms. The summed E-state index contributed by atoms with van der Waals surface area (Å²) in [6, 6.07) is 4.83. The van der Waals surface area contributed by atoms with E-state index in [1.807, 2.05) is 0 Å². The summed E-state index contributed by atoms with van der Waals surface area (Å²) in [5, 5.41) is 2.29. The summed E-state index contributed by atoms with van der Waals surface area (Å²) >= 11 is 0. The maximum Gasteiger partial charge on any atom is 0.389 e. The number of aromatic amines is 1. The third-order valence-corrected chi connectivity index (χ3v) is 3.71. The topological polar surface area (TPSA) is 71.2 Å². The molecule has 2 N–H and O–H groups in total. The second kappa shape index (κ2) is 9.01. The number of alkyl halides is 6. The zero-order chi connectivity index (χ0) is 21.7. The molecule has 0 saturated heterocycles. The van der Waals surface area contributed by atoms with Crippen LogP contribution < -0.4 is 15.6 Å². The zero-order valence-corrected chi connectivity index (χ0v) is 14.8. The quantitative estimate of drug-likeness (QED) is 0.489. The summed E-state index contributed by atoms with van der Waals surface area (Å²) in [5.74, 6) is -5.08. The first-order chi connectivity index (χ1) is 13.5. The van der Waals surface area contributed by atoms with Crippen molar-refractivity contribution in [3.63, 3.8) is 0 Å². The molecule has 0 aliphatic heterocycles. The summed E-state index contributed by atoms with van der Waals surface area (Å²) in [7, 11) is 0. The fourth-order valence-electron chi connectivity index (χ4n) is 2.31. The highest BCUT2D eigenvalue weighted by molar-refractivity contribution is 6.06. The van der Waals surface area contributed by atoms with Gasteiger partial charge in [0.25, 0.3) is 5.91 Å². The molecule has 2 rings (SSSR count). The van der Waals surface area contributed by atoms with Crippen LogP contribution in [0.1, 0.15) is 28.8 Å². The molecule has 1 aromatic heterocycles. The molecule has 2 aromatic rings. The Hall–Kier alpha value is -2.98. The van der Waals surface area contributed by atoms with E-state index in [4.69, 9.17) is 4.74 Å². The number of hydrogen-bond acceptors (Lipinski definition) is 3. The van der Waals surface area contributed by atoms with Crippen molar-refractivity contribution in [2.24, 2.45) is 0 Å². The van der Waals surface area contributed by atoms with Crippen LogP contribution in [0.15, 0.2) is 41.3 Å². The van der Waals surface area contributed by atoms with Gasteiger partial charge in [0.2, 0.25) is 5.56 Å². The molecule has 0 fully saturated rings. The average Bonchev–Trinajstić information content (AvgIpc) is 2.64. The van der Waals surface area contributed by atoms with E-state index in [1.165, 1.54) is 12.3 Å². The van der Waals surface area contributed by atoms with Crippen LogP contribution in [0, 0.1) is 0 Å². The molecule has 1 heterocycles. The molecule has 29 heavy (non-hydrogen) atoms. The van der Waals surface area contributed by atoms with Gasteiger partial charge in [-0.15, -0.1) is 0 Å².